The molecule has 0 unspecified atom stereocenters. The van der Waals surface area contributed by atoms with Crippen molar-refractivity contribution in [3.63, 3.8) is 0 Å². The van der Waals surface area contributed by atoms with Crippen LogP contribution in [0.15, 0.2) is 36.5 Å². The van der Waals surface area contributed by atoms with Gasteiger partial charge in [0.15, 0.2) is 5.82 Å². The van der Waals surface area contributed by atoms with Gasteiger partial charge in [0.2, 0.25) is 5.88 Å². The van der Waals surface area contributed by atoms with Crippen molar-refractivity contribution in [3.8, 4) is 17.1 Å². The van der Waals surface area contributed by atoms with Gasteiger partial charge in [0.05, 0.1) is 12.8 Å². The Kier molecular flexibility index (Phi) is 5.38. The third-order valence-electron chi connectivity index (χ3n) is 4.15. The number of ether oxygens (including phenoxy) is 2. The van der Waals surface area contributed by atoms with Gasteiger partial charge in [0.1, 0.15) is 12.2 Å². The van der Waals surface area contributed by atoms with Crippen molar-refractivity contribution in [2.24, 2.45) is 0 Å². The summed E-state index contributed by atoms with van der Waals surface area (Å²) in [6, 6.07) is 9.73. The van der Waals surface area contributed by atoms with E-state index in [0.717, 1.165) is 22.7 Å². The van der Waals surface area contributed by atoms with Gasteiger partial charge in [0, 0.05) is 37.9 Å². The maximum atomic E-state index is 14.2. The van der Waals surface area contributed by atoms with Crippen molar-refractivity contribution >= 4 is 19.0 Å². The highest BCUT2D eigenvalue weighted by Crippen LogP contribution is 2.31. The fourth-order valence-corrected chi connectivity index (χ4v) is 3.47. The lowest BCUT2D eigenvalue weighted by atomic mass is 10.1. The van der Waals surface area contributed by atoms with Gasteiger partial charge in [-0.05, 0) is 18.2 Å². The molecule has 0 atom stereocenters. The molecule has 3 aromatic rings. The minimum atomic E-state index is -1.17. The lowest BCUT2D eigenvalue weighted by molar-refractivity contribution is 0.0802. The Labute approximate surface area is 153 Å². The average molecular weight is 374 g/mol. The van der Waals surface area contributed by atoms with Gasteiger partial charge in [-0.2, -0.15) is 5.10 Å². The molecule has 2 heterocycles. The molecule has 0 fully saturated rings. The highest BCUT2D eigenvalue weighted by Gasteiger charge is 2.17. The van der Waals surface area contributed by atoms with Gasteiger partial charge in [0.25, 0.3) is 0 Å². The molecule has 0 spiro atoms. The molecule has 0 saturated carbocycles. The molecule has 0 aliphatic rings. The fraction of sp³-hybridized carbons (Fsp3) is 0.368. The van der Waals surface area contributed by atoms with E-state index in [1.54, 1.807) is 24.1 Å². The van der Waals surface area contributed by atoms with E-state index in [-0.39, 0.29) is 12.5 Å². The van der Waals surface area contributed by atoms with Gasteiger partial charge in [-0.25, -0.2) is 14.1 Å². The number of hydrogen-bond donors (Lipinski definition) is 0. The topological polar surface area (TPSA) is 49.2 Å². The zero-order valence-electron chi connectivity index (χ0n) is 15.6. The van der Waals surface area contributed by atoms with E-state index < -0.39 is 8.07 Å². The first-order chi connectivity index (χ1) is 12.4. The van der Waals surface area contributed by atoms with E-state index in [1.807, 2.05) is 18.2 Å². The molecule has 3 rings (SSSR count). The summed E-state index contributed by atoms with van der Waals surface area (Å²) in [6.45, 7) is 7.87. The molecule has 0 N–H and O–H groups in total. The van der Waals surface area contributed by atoms with Crippen molar-refractivity contribution < 1.29 is 13.9 Å². The quantitative estimate of drug-likeness (QED) is 0.450. The number of benzene rings is 1. The maximum Gasteiger partial charge on any atom is 0.213 e. The van der Waals surface area contributed by atoms with E-state index >= 15 is 0 Å². The molecule has 7 heteroatoms. The summed E-state index contributed by atoms with van der Waals surface area (Å²) in [5.41, 5.74) is 2.00. The maximum absolute atomic E-state index is 14.2. The Bertz CT molecular complexity index is 905. The lowest BCUT2D eigenvalue weighted by Crippen LogP contribution is -2.22. The van der Waals surface area contributed by atoms with Gasteiger partial charge >= 0.3 is 0 Å². The standard InChI is InChI=1S/C19H24FN3O2Si/c1-24-17-12-14(8-9-21-17)19-15-6-5-7-16(20)18(15)22-23(19)13-25-10-11-26(2,3)4/h5-9,12H,10-11,13H2,1-4H3. The summed E-state index contributed by atoms with van der Waals surface area (Å²) in [6.07, 6.45) is 1.67. The van der Waals surface area contributed by atoms with Crippen molar-refractivity contribution in [2.75, 3.05) is 13.7 Å². The molecule has 2 aromatic heterocycles. The molecule has 0 saturated heterocycles. The second kappa shape index (κ2) is 7.55. The Morgan fingerprint density at radius 1 is 1.19 bits per heavy atom. The number of rotatable bonds is 7. The molecule has 26 heavy (non-hydrogen) atoms. The molecule has 5 nitrogen and oxygen atoms in total. The predicted molar refractivity (Wildman–Crippen MR) is 104 cm³/mol. The van der Waals surface area contributed by atoms with Crippen LogP contribution in [0.25, 0.3) is 22.2 Å². The molecular formula is C19H24FN3O2Si. The highest BCUT2D eigenvalue weighted by atomic mass is 28.3. The van der Waals surface area contributed by atoms with Crippen molar-refractivity contribution in [1.29, 1.82) is 0 Å². The summed E-state index contributed by atoms with van der Waals surface area (Å²) in [5.74, 6) is 0.157. The van der Waals surface area contributed by atoms with Crippen LogP contribution in [0.3, 0.4) is 0 Å². The molecule has 0 amide bonds. The Hall–Kier alpha value is -2.25. The number of pyridine rings is 1. The molecule has 0 aliphatic heterocycles. The first-order valence-electron chi connectivity index (χ1n) is 8.62. The SMILES string of the molecule is COc1cc(-c2c3cccc(F)c3nn2COCC[Si](C)(C)C)ccn1. The minimum Gasteiger partial charge on any atom is -0.481 e. The second-order valence-corrected chi connectivity index (χ2v) is 13.0. The van der Waals surface area contributed by atoms with E-state index in [2.05, 4.69) is 29.7 Å². The van der Waals surface area contributed by atoms with Crippen molar-refractivity contribution in [3.05, 3.63) is 42.3 Å². The minimum absolute atomic E-state index is 0.276. The number of methoxy groups -OCH3 is 1. The lowest BCUT2D eigenvalue weighted by Gasteiger charge is -2.16. The normalized spacial score (nSPS) is 11.9. The molecule has 138 valence electrons. The van der Waals surface area contributed by atoms with E-state index in [0.29, 0.717) is 18.0 Å². The van der Waals surface area contributed by atoms with Crippen LogP contribution in [0, 0.1) is 5.82 Å². The largest absolute Gasteiger partial charge is 0.481 e. The summed E-state index contributed by atoms with van der Waals surface area (Å²) in [5, 5.41) is 5.19. The second-order valence-electron chi connectivity index (χ2n) is 7.42. The van der Waals surface area contributed by atoms with Crippen LogP contribution in [0.5, 0.6) is 5.88 Å². The number of hydrogen-bond acceptors (Lipinski definition) is 4. The first-order valence-corrected chi connectivity index (χ1v) is 12.3. The Morgan fingerprint density at radius 2 is 2.00 bits per heavy atom. The van der Waals surface area contributed by atoms with Crippen LogP contribution in [-0.4, -0.2) is 36.6 Å². The molecule has 1 aromatic carbocycles. The van der Waals surface area contributed by atoms with Gasteiger partial charge in [-0.3, -0.25) is 0 Å². The number of halogens is 1. The third-order valence-corrected chi connectivity index (χ3v) is 5.85. The zero-order valence-corrected chi connectivity index (χ0v) is 16.6. The fourth-order valence-electron chi connectivity index (χ4n) is 2.71. The third kappa shape index (κ3) is 4.11. The van der Waals surface area contributed by atoms with Crippen molar-refractivity contribution in [2.45, 2.75) is 32.4 Å². The molecule has 0 aliphatic carbocycles. The number of fused-ring (bicyclic) bond motifs is 1. The van der Waals surface area contributed by atoms with E-state index in [4.69, 9.17) is 9.47 Å². The predicted octanol–water partition coefficient (Wildman–Crippen LogP) is 4.56. The zero-order chi connectivity index (χ0) is 18.7. The van der Waals surface area contributed by atoms with Gasteiger partial charge in [-0.1, -0.05) is 31.8 Å². The monoisotopic (exact) mass is 373 g/mol. The summed E-state index contributed by atoms with van der Waals surface area (Å²) >= 11 is 0. The number of aromatic nitrogens is 3. The Balaban J connectivity index is 1.97. The smallest absolute Gasteiger partial charge is 0.213 e. The first kappa shape index (κ1) is 18.5. The molecule has 0 radical (unpaired) electrons. The van der Waals surface area contributed by atoms with Crippen LogP contribution in [0.2, 0.25) is 25.7 Å². The molecule has 0 bridgehead atoms. The van der Waals surface area contributed by atoms with Crippen LogP contribution in [-0.2, 0) is 11.5 Å². The van der Waals surface area contributed by atoms with Crippen LogP contribution < -0.4 is 4.74 Å². The summed E-state index contributed by atoms with van der Waals surface area (Å²) in [7, 11) is 0.405. The van der Waals surface area contributed by atoms with Gasteiger partial charge in [-0.15, -0.1) is 0 Å². The van der Waals surface area contributed by atoms with Crippen LogP contribution in [0.1, 0.15) is 0 Å². The van der Waals surface area contributed by atoms with E-state index in [1.165, 1.54) is 6.07 Å². The Morgan fingerprint density at radius 3 is 2.73 bits per heavy atom. The van der Waals surface area contributed by atoms with E-state index in [9.17, 15) is 4.39 Å². The van der Waals surface area contributed by atoms with Crippen LogP contribution >= 0.6 is 0 Å². The summed E-state index contributed by atoms with van der Waals surface area (Å²) < 4.78 is 27.0. The molecular weight excluding hydrogens is 349 g/mol. The number of nitrogens with zero attached hydrogens (tertiary/aromatic N) is 3. The summed E-state index contributed by atoms with van der Waals surface area (Å²) in [4.78, 5) is 4.14. The average Bonchev–Trinajstić information content (AvgIpc) is 2.98. The van der Waals surface area contributed by atoms with Crippen molar-refractivity contribution in [1.82, 2.24) is 14.8 Å². The van der Waals surface area contributed by atoms with Crippen LogP contribution in [0.4, 0.5) is 4.39 Å². The van der Waals surface area contributed by atoms with Gasteiger partial charge < -0.3 is 9.47 Å². The highest BCUT2D eigenvalue weighted by molar-refractivity contribution is 6.76.